The Labute approximate surface area is 131 Å². The fraction of sp³-hybridized carbons (Fsp3) is 0.333. The molecule has 1 atom stereocenters. The number of carbonyl (C=O) groups is 1. The largest absolute Gasteiger partial charge is 0.350 e. The fourth-order valence-electron chi connectivity index (χ4n) is 2.18. The number of nitrogens with zero attached hydrogens (tertiary/aromatic N) is 2. The standard InChI is InChI=1S/C15H17BrN4O/c16-12-3-5-13(6-4-12)20-9-11(7-19-20)15(21)18-8-14(17)10-1-2-10/h3-7,9-10,14H,1-2,8,17H2,(H,18,21). The summed E-state index contributed by atoms with van der Waals surface area (Å²) in [5.41, 5.74) is 7.43. The Kier molecular flexibility index (Phi) is 4.07. The van der Waals surface area contributed by atoms with Crippen LogP contribution in [0.15, 0.2) is 41.1 Å². The van der Waals surface area contributed by atoms with Crippen LogP contribution in [0, 0.1) is 5.92 Å². The van der Waals surface area contributed by atoms with Crippen LogP contribution in [0.4, 0.5) is 0 Å². The van der Waals surface area contributed by atoms with Gasteiger partial charge < -0.3 is 11.1 Å². The van der Waals surface area contributed by atoms with Gasteiger partial charge in [0.15, 0.2) is 0 Å². The second-order valence-electron chi connectivity index (χ2n) is 5.36. The summed E-state index contributed by atoms with van der Waals surface area (Å²) in [6.07, 6.45) is 5.65. The Morgan fingerprint density at radius 3 is 2.81 bits per heavy atom. The summed E-state index contributed by atoms with van der Waals surface area (Å²) in [7, 11) is 0. The Bertz CT molecular complexity index is 633. The first kappa shape index (κ1) is 14.3. The van der Waals surface area contributed by atoms with Gasteiger partial charge in [-0.3, -0.25) is 4.79 Å². The lowest BCUT2D eigenvalue weighted by Gasteiger charge is -2.10. The van der Waals surface area contributed by atoms with Crippen molar-refractivity contribution in [1.29, 1.82) is 0 Å². The van der Waals surface area contributed by atoms with Gasteiger partial charge in [0.1, 0.15) is 0 Å². The van der Waals surface area contributed by atoms with Gasteiger partial charge >= 0.3 is 0 Å². The van der Waals surface area contributed by atoms with E-state index in [2.05, 4.69) is 26.3 Å². The Hall–Kier alpha value is -1.66. The van der Waals surface area contributed by atoms with Gasteiger partial charge in [-0.05, 0) is 43.0 Å². The molecule has 1 aliphatic rings. The van der Waals surface area contributed by atoms with E-state index in [9.17, 15) is 4.79 Å². The van der Waals surface area contributed by atoms with Crippen molar-refractivity contribution in [2.45, 2.75) is 18.9 Å². The zero-order chi connectivity index (χ0) is 14.8. The number of halogens is 1. The van der Waals surface area contributed by atoms with Gasteiger partial charge in [0.2, 0.25) is 0 Å². The number of amides is 1. The second kappa shape index (κ2) is 5.99. The molecule has 1 aliphatic carbocycles. The average molecular weight is 349 g/mol. The van der Waals surface area contributed by atoms with E-state index in [0.717, 1.165) is 10.2 Å². The maximum Gasteiger partial charge on any atom is 0.254 e. The molecule has 0 spiro atoms. The number of benzene rings is 1. The van der Waals surface area contributed by atoms with Crippen LogP contribution < -0.4 is 11.1 Å². The summed E-state index contributed by atoms with van der Waals surface area (Å²) in [6, 6.07) is 7.80. The maximum absolute atomic E-state index is 12.1. The van der Waals surface area contributed by atoms with E-state index >= 15 is 0 Å². The molecule has 3 rings (SSSR count). The Morgan fingerprint density at radius 2 is 2.14 bits per heavy atom. The second-order valence-corrected chi connectivity index (χ2v) is 6.28. The predicted molar refractivity (Wildman–Crippen MR) is 84.3 cm³/mol. The lowest BCUT2D eigenvalue weighted by atomic mass is 10.2. The first-order valence-electron chi connectivity index (χ1n) is 6.98. The first-order valence-corrected chi connectivity index (χ1v) is 7.77. The molecule has 110 valence electrons. The number of carbonyl (C=O) groups excluding carboxylic acids is 1. The molecule has 2 aromatic rings. The van der Waals surface area contributed by atoms with Gasteiger partial charge in [0.25, 0.3) is 5.91 Å². The Morgan fingerprint density at radius 1 is 1.43 bits per heavy atom. The van der Waals surface area contributed by atoms with Gasteiger partial charge in [0, 0.05) is 23.3 Å². The third-order valence-electron chi connectivity index (χ3n) is 3.66. The zero-order valence-electron chi connectivity index (χ0n) is 11.5. The Balaban J connectivity index is 1.63. The molecule has 1 aromatic heterocycles. The van der Waals surface area contributed by atoms with E-state index in [0.29, 0.717) is 18.0 Å². The predicted octanol–water partition coefficient (Wildman–Crippen LogP) is 2.10. The minimum atomic E-state index is -0.130. The van der Waals surface area contributed by atoms with Crippen molar-refractivity contribution in [2.24, 2.45) is 11.7 Å². The third kappa shape index (κ3) is 3.51. The number of rotatable bonds is 5. The van der Waals surface area contributed by atoms with Crippen LogP contribution in [0.25, 0.3) is 5.69 Å². The highest BCUT2D eigenvalue weighted by atomic mass is 79.9. The van der Waals surface area contributed by atoms with Crippen LogP contribution in [0.1, 0.15) is 23.2 Å². The van der Waals surface area contributed by atoms with Gasteiger partial charge in [0.05, 0.1) is 17.4 Å². The highest BCUT2D eigenvalue weighted by molar-refractivity contribution is 9.10. The van der Waals surface area contributed by atoms with Crippen molar-refractivity contribution in [3.8, 4) is 5.69 Å². The molecule has 1 fully saturated rings. The van der Waals surface area contributed by atoms with Crippen LogP contribution >= 0.6 is 15.9 Å². The molecule has 1 saturated carbocycles. The average Bonchev–Trinajstić information content (AvgIpc) is 3.23. The van der Waals surface area contributed by atoms with Crippen molar-refractivity contribution < 1.29 is 4.79 Å². The molecule has 1 aromatic carbocycles. The van der Waals surface area contributed by atoms with Crippen molar-refractivity contribution >= 4 is 21.8 Å². The molecule has 3 N–H and O–H groups in total. The van der Waals surface area contributed by atoms with E-state index in [1.807, 2.05) is 24.3 Å². The molecule has 0 aliphatic heterocycles. The summed E-state index contributed by atoms with van der Waals surface area (Å²) < 4.78 is 2.69. The fourth-order valence-corrected chi connectivity index (χ4v) is 2.44. The number of nitrogens with one attached hydrogen (secondary N) is 1. The summed E-state index contributed by atoms with van der Waals surface area (Å²) in [5, 5.41) is 7.09. The number of aromatic nitrogens is 2. The molecule has 5 nitrogen and oxygen atoms in total. The van der Waals surface area contributed by atoms with Crippen molar-refractivity contribution in [2.75, 3.05) is 6.54 Å². The molecule has 1 amide bonds. The topological polar surface area (TPSA) is 72.9 Å². The monoisotopic (exact) mass is 348 g/mol. The third-order valence-corrected chi connectivity index (χ3v) is 4.19. The van der Waals surface area contributed by atoms with Crippen molar-refractivity contribution in [3.63, 3.8) is 0 Å². The van der Waals surface area contributed by atoms with E-state index in [-0.39, 0.29) is 11.9 Å². The summed E-state index contributed by atoms with van der Waals surface area (Å²) >= 11 is 3.39. The van der Waals surface area contributed by atoms with Crippen molar-refractivity contribution in [3.05, 3.63) is 46.7 Å². The van der Waals surface area contributed by atoms with E-state index in [4.69, 9.17) is 5.73 Å². The minimum Gasteiger partial charge on any atom is -0.350 e. The van der Waals surface area contributed by atoms with Crippen LogP contribution in [0.5, 0.6) is 0 Å². The first-order chi connectivity index (χ1) is 10.1. The zero-order valence-corrected chi connectivity index (χ0v) is 13.1. The highest BCUT2D eigenvalue weighted by Crippen LogP contribution is 2.31. The van der Waals surface area contributed by atoms with Gasteiger partial charge in [-0.2, -0.15) is 5.10 Å². The summed E-state index contributed by atoms with van der Waals surface area (Å²) in [6.45, 7) is 0.521. The van der Waals surface area contributed by atoms with E-state index in [1.54, 1.807) is 17.1 Å². The van der Waals surface area contributed by atoms with Crippen LogP contribution in [-0.2, 0) is 0 Å². The molecule has 0 bridgehead atoms. The lowest BCUT2D eigenvalue weighted by Crippen LogP contribution is -2.38. The quantitative estimate of drug-likeness (QED) is 0.868. The molecular formula is C15H17BrN4O. The van der Waals surface area contributed by atoms with Crippen molar-refractivity contribution in [1.82, 2.24) is 15.1 Å². The van der Waals surface area contributed by atoms with Crippen LogP contribution in [0.2, 0.25) is 0 Å². The maximum atomic E-state index is 12.1. The molecule has 1 heterocycles. The molecule has 0 saturated heterocycles. The molecule has 21 heavy (non-hydrogen) atoms. The number of hydrogen-bond acceptors (Lipinski definition) is 3. The van der Waals surface area contributed by atoms with E-state index in [1.165, 1.54) is 12.8 Å². The molecule has 6 heteroatoms. The van der Waals surface area contributed by atoms with Gasteiger partial charge in [-0.1, -0.05) is 15.9 Å². The van der Waals surface area contributed by atoms with Crippen LogP contribution in [0.3, 0.4) is 0 Å². The van der Waals surface area contributed by atoms with Gasteiger partial charge in [-0.25, -0.2) is 4.68 Å². The molecular weight excluding hydrogens is 332 g/mol. The molecule has 0 radical (unpaired) electrons. The van der Waals surface area contributed by atoms with Gasteiger partial charge in [-0.15, -0.1) is 0 Å². The number of nitrogens with two attached hydrogens (primary N) is 1. The highest BCUT2D eigenvalue weighted by Gasteiger charge is 2.28. The summed E-state index contributed by atoms with van der Waals surface area (Å²) in [5.74, 6) is 0.449. The molecule has 1 unspecified atom stereocenters. The lowest BCUT2D eigenvalue weighted by molar-refractivity contribution is 0.0950. The van der Waals surface area contributed by atoms with Crippen LogP contribution in [-0.4, -0.2) is 28.3 Å². The summed E-state index contributed by atoms with van der Waals surface area (Å²) in [4.78, 5) is 12.1. The normalized spacial score (nSPS) is 15.7. The SMILES string of the molecule is NC(CNC(=O)c1cnn(-c2ccc(Br)cc2)c1)C1CC1. The van der Waals surface area contributed by atoms with E-state index < -0.39 is 0 Å². The minimum absolute atomic E-state index is 0.0652. The smallest absolute Gasteiger partial charge is 0.254 e. The number of hydrogen-bond donors (Lipinski definition) is 2.